The lowest BCUT2D eigenvalue weighted by atomic mass is 9.95. The summed E-state index contributed by atoms with van der Waals surface area (Å²) in [6, 6.07) is 14.2. The summed E-state index contributed by atoms with van der Waals surface area (Å²) in [5.74, 6) is 1.19. The average molecular weight is 372 g/mol. The number of fused-ring (bicyclic) bond motifs is 1. The zero-order valence-electron chi connectivity index (χ0n) is 16.5. The molecular formula is C23H24N4O. The number of hydrogen-bond acceptors (Lipinski definition) is 5. The zero-order chi connectivity index (χ0) is 19.7. The van der Waals surface area contributed by atoms with Crippen LogP contribution in [0.4, 0.5) is 23.1 Å². The third-order valence-corrected chi connectivity index (χ3v) is 5.16. The van der Waals surface area contributed by atoms with Crippen molar-refractivity contribution >= 4 is 28.9 Å². The monoisotopic (exact) mass is 372 g/mol. The summed E-state index contributed by atoms with van der Waals surface area (Å²) in [6.07, 6.45) is 2.16. The van der Waals surface area contributed by atoms with E-state index in [1.807, 2.05) is 30.3 Å². The molecule has 0 saturated carbocycles. The van der Waals surface area contributed by atoms with Crippen molar-refractivity contribution in [2.24, 2.45) is 0 Å². The molecule has 28 heavy (non-hydrogen) atoms. The third-order valence-electron chi connectivity index (χ3n) is 5.16. The van der Waals surface area contributed by atoms with E-state index in [1.54, 1.807) is 0 Å². The molecule has 1 heterocycles. The second-order valence-electron chi connectivity index (χ2n) is 7.41. The Bertz CT molecular complexity index is 1040. The minimum Gasteiger partial charge on any atom is -0.339 e. The minimum atomic E-state index is 0.106. The maximum Gasteiger partial charge on any atom is 0.229 e. The fourth-order valence-corrected chi connectivity index (χ4v) is 3.39. The van der Waals surface area contributed by atoms with Crippen LogP contribution in [0.3, 0.4) is 0 Å². The summed E-state index contributed by atoms with van der Waals surface area (Å²) in [7, 11) is 0. The maximum absolute atomic E-state index is 12.6. The van der Waals surface area contributed by atoms with E-state index >= 15 is 0 Å². The molecule has 4 rings (SSSR count). The highest BCUT2D eigenvalue weighted by atomic mass is 16.1. The molecule has 0 radical (unpaired) electrons. The zero-order valence-corrected chi connectivity index (χ0v) is 16.5. The average Bonchev–Trinajstić information content (AvgIpc) is 2.66. The molecule has 0 aliphatic heterocycles. The summed E-state index contributed by atoms with van der Waals surface area (Å²) >= 11 is 0. The molecule has 0 bridgehead atoms. The first-order valence-corrected chi connectivity index (χ1v) is 9.62. The molecule has 5 heteroatoms. The number of aromatic nitrogens is 2. The van der Waals surface area contributed by atoms with E-state index in [0.717, 1.165) is 29.9 Å². The fraction of sp³-hybridized carbons (Fsp3) is 0.261. The number of rotatable bonds is 4. The number of anilines is 4. The van der Waals surface area contributed by atoms with E-state index in [4.69, 9.17) is 0 Å². The van der Waals surface area contributed by atoms with Crippen LogP contribution in [0.25, 0.3) is 0 Å². The van der Waals surface area contributed by atoms with Crippen LogP contribution < -0.4 is 10.6 Å². The van der Waals surface area contributed by atoms with Gasteiger partial charge in [0.1, 0.15) is 5.82 Å². The molecule has 1 aliphatic carbocycles. The Balaban J connectivity index is 1.73. The van der Waals surface area contributed by atoms with Gasteiger partial charge in [0.05, 0.1) is 11.3 Å². The van der Waals surface area contributed by atoms with E-state index < -0.39 is 0 Å². The van der Waals surface area contributed by atoms with Gasteiger partial charge in [-0.05, 0) is 69.0 Å². The van der Waals surface area contributed by atoms with Crippen LogP contribution in [0.15, 0.2) is 42.5 Å². The second kappa shape index (κ2) is 7.43. The first-order chi connectivity index (χ1) is 13.5. The SMILES string of the molecule is Cc1ccc(Nc2nc3c(c(Nc4ccc(C)c(C)c4)n2)C(=O)CCC3)cc1. The molecule has 142 valence electrons. The van der Waals surface area contributed by atoms with E-state index in [1.165, 1.54) is 16.7 Å². The summed E-state index contributed by atoms with van der Waals surface area (Å²) in [6.45, 7) is 6.21. The Labute approximate surface area is 165 Å². The Kier molecular flexibility index (Phi) is 4.82. The van der Waals surface area contributed by atoms with Gasteiger partial charge >= 0.3 is 0 Å². The lowest BCUT2D eigenvalue weighted by Crippen LogP contribution is -2.17. The summed E-state index contributed by atoms with van der Waals surface area (Å²) in [5.41, 5.74) is 6.89. The van der Waals surface area contributed by atoms with Crippen LogP contribution in [0.5, 0.6) is 0 Å². The molecular weight excluding hydrogens is 348 g/mol. The van der Waals surface area contributed by atoms with Gasteiger partial charge in [0.2, 0.25) is 5.95 Å². The number of nitrogens with zero attached hydrogens (tertiary/aromatic N) is 2. The smallest absolute Gasteiger partial charge is 0.229 e. The van der Waals surface area contributed by atoms with Crippen LogP contribution in [-0.4, -0.2) is 15.8 Å². The van der Waals surface area contributed by atoms with Crippen LogP contribution in [0.2, 0.25) is 0 Å². The lowest BCUT2D eigenvalue weighted by Gasteiger charge is -2.19. The van der Waals surface area contributed by atoms with E-state index in [9.17, 15) is 4.79 Å². The van der Waals surface area contributed by atoms with Crippen LogP contribution >= 0.6 is 0 Å². The highest BCUT2D eigenvalue weighted by Gasteiger charge is 2.24. The predicted molar refractivity (Wildman–Crippen MR) is 113 cm³/mol. The van der Waals surface area contributed by atoms with Gasteiger partial charge in [0, 0.05) is 17.8 Å². The molecule has 1 aromatic heterocycles. The summed E-state index contributed by atoms with van der Waals surface area (Å²) in [4.78, 5) is 21.9. The number of ketones is 1. The standard InChI is InChI=1S/C23H24N4O/c1-14-7-10-17(11-8-14)25-23-26-19-5-4-6-20(28)21(19)22(27-23)24-18-12-9-15(2)16(3)13-18/h7-13H,4-6H2,1-3H3,(H2,24,25,26,27). The number of hydrogen-bond donors (Lipinski definition) is 2. The van der Waals surface area contributed by atoms with Gasteiger partial charge in [0.15, 0.2) is 5.78 Å². The van der Waals surface area contributed by atoms with Crippen molar-refractivity contribution in [1.82, 2.24) is 9.97 Å². The number of Topliss-reactive ketones (excluding diaryl/α,β-unsaturated/α-hetero) is 1. The van der Waals surface area contributed by atoms with Gasteiger partial charge in [-0.15, -0.1) is 0 Å². The Hall–Kier alpha value is -3.21. The van der Waals surface area contributed by atoms with Gasteiger partial charge in [0.25, 0.3) is 0 Å². The molecule has 5 nitrogen and oxygen atoms in total. The van der Waals surface area contributed by atoms with E-state index in [-0.39, 0.29) is 5.78 Å². The van der Waals surface area contributed by atoms with Crippen molar-refractivity contribution in [2.75, 3.05) is 10.6 Å². The van der Waals surface area contributed by atoms with Crippen LogP contribution in [0.1, 0.15) is 45.6 Å². The minimum absolute atomic E-state index is 0.106. The normalized spacial score (nSPS) is 13.2. The maximum atomic E-state index is 12.6. The van der Waals surface area contributed by atoms with Crippen molar-refractivity contribution in [1.29, 1.82) is 0 Å². The molecule has 0 atom stereocenters. The predicted octanol–water partition coefficient (Wildman–Crippen LogP) is 5.41. The van der Waals surface area contributed by atoms with Gasteiger partial charge in [-0.1, -0.05) is 23.8 Å². The molecule has 0 spiro atoms. The molecule has 0 amide bonds. The second-order valence-corrected chi connectivity index (χ2v) is 7.41. The Morgan fingerprint density at radius 2 is 1.57 bits per heavy atom. The Morgan fingerprint density at radius 1 is 0.821 bits per heavy atom. The van der Waals surface area contributed by atoms with Gasteiger partial charge < -0.3 is 10.6 Å². The third kappa shape index (κ3) is 3.74. The van der Waals surface area contributed by atoms with Gasteiger partial charge in [-0.3, -0.25) is 4.79 Å². The van der Waals surface area contributed by atoms with Crippen LogP contribution in [-0.2, 0) is 6.42 Å². The first-order valence-electron chi connectivity index (χ1n) is 9.62. The number of nitrogens with one attached hydrogen (secondary N) is 2. The van der Waals surface area contributed by atoms with E-state index in [2.05, 4.69) is 53.5 Å². The summed E-state index contributed by atoms with van der Waals surface area (Å²) < 4.78 is 0. The van der Waals surface area contributed by atoms with Crippen molar-refractivity contribution in [3.63, 3.8) is 0 Å². The molecule has 0 saturated heterocycles. The largest absolute Gasteiger partial charge is 0.339 e. The number of benzene rings is 2. The van der Waals surface area contributed by atoms with Crippen molar-refractivity contribution < 1.29 is 4.79 Å². The fourth-order valence-electron chi connectivity index (χ4n) is 3.39. The van der Waals surface area contributed by atoms with Gasteiger partial charge in [-0.25, -0.2) is 4.98 Å². The lowest BCUT2D eigenvalue weighted by molar-refractivity contribution is 0.0972. The Morgan fingerprint density at radius 3 is 2.32 bits per heavy atom. The van der Waals surface area contributed by atoms with Crippen molar-refractivity contribution in [3.05, 3.63) is 70.4 Å². The molecule has 1 aliphatic rings. The molecule has 0 unspecified atom stereocenters. The quantitative estimate of drug-likeness (QED) is 0.641. The number of carbonyl (C=O) groups excluding carboxylic acids is 1. The molecule has 0 fully saturated rings. The number of aryl methyl sites for hydroxylation is 4. The van der Waals surface area contributed by atoms with Gasteiger partial charge in [-0.2, -0.15) is 4.98 Å². The van der Waals surface area contributed by atoms with Crippen LogP contribution in [0, 0.1) is 20.8 Å². The molecule has 3 aromatic rings. The molecule has 2 aromatic carbocycles. The summed E-state index contributed by atoms with van der Waals surface area (Å²) in [5, 5.41) is 6.62. The van der Waals surface area contributed by atoms with Crippen molar-refractivity contribution in [2.45, 2.75) is 40.0 Å². The van der Waals surface area contributed by atoms with Crippen molar-refractivity contribution in [3.8, 4) is 0 Å². The van der Waals surface area contributed by atoms with E-state index in [0.29, 0.717) is 23.8 Å². The topological polar surface area (TPSA) is 66.9 Å². The molecule has 2 N–H and O–H groups in total. The highest BCUT2D eigenvalue weighted by Crippen LogP contribution is 2.30. The first kappa shape index (κ1) is 18.2. The number of carbonyl (C=O) groups is 1. The highest BCUT2D eigenvalue weighted by molar-refractivity contribution is 6.03.